The number of thiazole rings is 1. The number of anilines is 1. The number of aromatic nitrogens is 1. The Hall–Kier alpha value is -1.39. The number of benzene rings is 1. The van der Waals surface area contributed by atoms with E-state index >= 15 is 0 Å². The van der Waals surface area contributed by atoms with Crippen molar-refractivity contribution >= 4 is 46.4 Å². The summed E-state index contributed by atoms with van der Waals surface area (Å²) >= 11 is 1.77. The SMILES string of the molecule is CCNC(=NCCc1csc(N2CCCC2)n1)NC1CCCN(Cc2ccccc2)C1.I. The second-order valence-corrected chi connectivity index (χ2v) is 9.37. The molecule has 0 aliphatic carbocycles. The Morgan fingerprint density at radius 1 is 1.16 bits per heavy atom. The highest BCUT2D eigenvalue weighted by molar-refractivity contribution is 14.0. The van der Waals surface area contributed by atoms with E-state index in [-0.39, 0.29) is 24.0 Å². The van der Waals surface area contributed by atoms with Gasteiger partial charge in [-0.3, -0.25) is 9.89 Å². The fraction of sp³-hybridized carbons (Fsp3) is 0.583. The van der Waals surface area contributed by atoms with Crippen LogP contribution in [0.2, 0.25) is 0 Å². The minimum absolute atomic E-state index is 0. The van der Waals surface area contributed by atoms with Gasteiger partial charge in [-0.1, -0.05) is 30.3 Å². The third-order valence-corrected chi connectivity index (χ3v) is 6.94. The lowest BCUT2D eigenvalue weighted by atomic mass is 10.0. The molecule has 0 radical (unpaired) electrons. The van der Waals surface area contributed by atoms with Crippen LogP contribution in [0.5, 0.6) is 0 Å². The number of aliphatic imine (C=N–C) groups is 1. The Kier molecular flexibility index (Phi) is 10.5. The standard InChI is InChI=1S/C24H36N6S.HI/c1-2-25-23(26-13-12-22-19-31-24(28-22)30-15-6-7-16-30)27-21-11-8-14-29(18-21)17-20-9-4-3-5-10-20;/h3-5,9-10,19,21H,2,6-8,11-18H2,1H3,(H2,25,26,27);1H. The number of guanidine groups is 1. The molecule has 3 heterocycles. The summed E-state index contributed by atoms with van der Waals surface area (Å²) in [7, 11) is 0. The summed E-state index contributed by atoms with van der Waals surface area (Å²) < 4.78 is 0. The zero-order valence-corrected chi connectivity index (χ0v) is 22.3. The largest absolute Gasteiger partial charge is 0.357 e. The summed E-state index contributed by atoms with van der Waals surface area (Å²) in [6.45, 7) is 9.33. The second kappa shape index (κ2) is 13.3. The van der Waals surface area contributed by atoms with Gasteiger partial charge in [0.2, 0.25) is 0 Å². The van der Waals surface area contributed by atoms with Gasteiger partial charge in [0.1, 0.15) is 0 Å². The van der Waals surface area contributed by atoms with E-state index in [1.165, 1.54) is 48.6 Å². The maximum Gasteiger partial charge on any atom is 0.191 e. The average Bonchev–Trinajstić information content (AvgIpc) is 3.47. The van der Waals surface area contributed by atoms with Crippen molar-refractivity contribution in [2.24, 2.45) is 4.99 Å². The van der Waals surface area contributed by atoms with Gasteiger partial charge in [0.15, 0.2) is 11.1 Å². The number of nitrogens with zero attached hydrogens (tertiary/aromatic N) is 4. The first-order valence-corrected chi connectivity index (χ1v) is 12.7. The van der Waals surface area contributed by atoms with Crippen LogP contribution in [-0.4, -0.2) is 61.2 Å². The molecule has 2 aliphatic rings. The number of halogens is 1. The zero-order chi connectivity index (χ0) is 21.3. The van der Waals surface area contributed by atoms with Crippen molar-refractivity contribution in [3.05, 3.63) is 47.0 Å². The van der Waals surface area contributed by atoms with E-state index < -0.39 is 0 Å². The Labute approximate surface area is 213 Å². The van der Waals surface area contributed by atoms with Crippen molar-refractivity contribution in [3.63, 3.8) is 0 Å². The normalized spacial score (nSPS) is 19.6. The monoisotopic (exact) mass is 568 g/mol. The number of likely N-dealkylation sites (tertiary alicyclic amines) is 1. The molecule has 2 aromatic rings. The second-order valence-electron chi connectivity index (χ2n) is 8.53. The molecule has 2 saturated heterocycles. The summed E-state index contributed by atoms with van der Waals surface area (Å²) in [5.74, 6) is 0.934. The first kappa shape index (κ1) is 25.2. The molecule has 6 nitrogen and oxygen atoms in total. The van der Waals surface area contributed by atoms with Gasteiger partial charge in [-0.2, -0.15) is 0 Å². The molecule has 0 saturated carbocycles. The summed E-state index contributed by atoms with van der Waals surface area (Å²) in [5, 5.41) is 10.5. The van der Waals surface area contributed by atoms with E-state index in [1.54, 1.807) is 11.3 Å². The fourth-order valence-corrected chi connectivity index (χ4v) is 5.33. The van der Waals surface area contributed by atoms with Crippen LogP contribution in [0.4, 0.5) is 5.13 Å². The molecule has 32 heavy (non-hydrogen) atoms. The molecular formula is C24H37IN6S. The molecule has 2 aliphatic heterocycles. The highest BCUT2D eigenvalue weighted by Crippen LogP contribution is 2.24. The van der Waals surface area contributed by atoms with Gasteiger partial charge >= 0.3 is 0 Å². The number of hydrogen-bond acceptors (Lipinski definition) is 5. The fourth-order valence-electron chi connectivity index (χ4n) is 4.42. The van der Waals surface area contributed by atoms with Crippen molar-refractivity contribution in [1.82, 2.24) is 20.5 Å². The molecule has 176 valence electrons. The maximum atomic E-state index is 4.85. The van der Waals surface area contributed by atoms with Crippen molar-refractivity contribution in [2.45, 2.75) is 51.6 Å². The number of piperidine rings is 1. The van der Waals surface area contributed by atoms with E-state index in [0.29, 0.717) is 6.04 Å². The Morgan fingerprint density at radius 2 is 1.97 bits per heavy atom. The highest BCUT2D eigenvalue weighted by atomic mass is 127. The molecule has 0 spiro atoms. The van der Waals surface area contributed by atoms with Gasteiger partial charge in [-0.25, -0.2) is 4.98 Å². The Bertz CT molecular complexity index is 821. The topological polar surface area (TPSA) is 55.8 Å². The highest BCUT2D eigenvalue weighted by Gasteiger charge is 2.21. The van der Waals surface area contributed by atoms with Crippen molar-refractivity contribution < 1.29 is 0 Å². The van der Waals surface area contributed by atoms with Crippen molar-refractivity contribution in [3.8, 4) is 0 Å². The zero-order valence-electron chi connectivity index (χ0n) is 19.1. The van der Waals surface area contributed by atoms with Gasteiger partial charge in [0.05, 0.1) is 5.69 Å². The molecule has 1 aromatic carbocycles. The predicted octanol–water partition coefficient (Wildman–Crippen LogP) is 4.12. The van der Waals surface area contributed by atoms with Crippen LogP contribution in [-0.2, 0) is 13.0 Å². The van der Waals surface area contributed by atoms with Crippen molar-refractivity contribution in [2.75, 3.05) is 44.2 Å². The van der Waals surface area contributed by atoms with Gasteiger partial charge in [0.25, 0.3) is 0 Å². The molecule has 2 fully saturated rings. The van der Waals surface area contributed by atoms with E-state index in [0.717, 1.165) is 51.6 Å². The van der Waals surface area contributed by atoms with E-state index in [1.807, 2.05) is 0 Å². The third-order valence-electron chi connectivity index (χ3n) is 5.99. The van der Waals surface area contributed by atoms with Gasteiger partial charge in [-0.15, -0.1) is 35.3 Å². The lowest BCUT2D eigenvalue weighted by Gasteiger charge is -2.34. The van der Waals surface area contributed by atoms with Gasteiger partial charge in [0, 0.05) is 57.1 Å². The van der Waals surface area contributed by atoms with Crippen molar-refractivity contribution in [1.29, 1.82) is 0 Å². The Morgan fingerprint density at radius 3 is 2.75 bits per heavy atom. The van der Waals surface area contributed by atoms with E-state index in [2.05, 4.69) is 63.1 Å². The molecule has 1 aromatic heterocycles. The third kappa shape index (κ3) is 7.59. The summed E-state index contributed by atoms with van der Waals surface area (Å²) in [4.78, 5) is 14.6. The van der Waals surface area contributed by atoms with Crippen LogP contribution >= 0.6 is 35.3 Å². The lowest BCUT2D eigenvalue weighted by molar-refractivity contribution is 0.192. The van der Waals surface area contributed by atoms with E-state index in [4.69, 9.17) is 9.98 Å². The molecule has 0 bridgehead atoms. The molecule has 0 amide bonds. The molecule has 2 N–H and O–H groups in total. The van der Waals surface area contributed by atoms with Crippen LogP contribution in [0.25, 0.3) is 0 Å². The molecule has 1 atom stereocenters. The maximum absolute atomic E-state index is 4.85. The molecular weight excluding hydrogens is 531 g/mol. The van der Waals surface area contributed by atoms with Crippen LogP contribution in [0, 0.1) is 0 Å². The first-order valence-electron chi connectivity index (χ1n) is 11.8. The predicted molar refractivity (Wildman–Crippen MR) is 147 cm³/mol. The van der Waals surface area contributed by atoms with Crippen LogP contribution in [0.1, 0.15) is 43.9 Å². The average molecular weight is 569 g/mol. The van der Waals surface area contributed by atoms with E-state index in [9.17, 15) is 0 Å². The van der Waals surface area contributed by atoms with Gasteiger partial charge < -0.3 is 15.5 Å². The van der Waals surface area contributed by atoms with Crippen LogP contribution in [0.3, 0.4) is 0 Å². The minimum atomic E-state index is 0. The minimum Gasteiger partial charge on any atom is -0.357 e. The summed E-state index contributed by atoms with van der Waals surface area (Å²) in [6.07, 6.45) is 5.90. The molecule has 8 heteroatoms. The lowest BCUT2D eigenvalue weighted by Crippen LogP contribution is -2.51. The summed E-state index contributed by atoms with van der Waals surface area (Å²) in [6, 6.07) is 11.2. The summed E-state index contributed by atoms with van der Waals surface area (Å²) in [5.41, 5.74) is 2.55. The molecule has 4 rings (SSSR count). The number of hydrogen-bond donors (Lipinski definition) is 2. The number of rotatable bonds is 8. The Balaban J connectivity index is 0.00000289. The quantitative estimate of drug-likeness (QED) is 0.285. The van der Waals surface area contributed by atoms with Gasteiger partial charge in [-0.05, 0) is 44.7 Å². The smallest absolute Gasteiger partial charge is 0.191 e. The number of nitrogens with one attached hydrogen (secondary N) is 2. The van der Waals surface area contributed by atoms with Crippen LogP contribution in [0.15, 0.2) is 40.7 Å². The van der Waals surface area contributed by atoms with Crippen LogP contribution < -0.4 is 15.5 Å². The first-order chi connectivity index (χ1) is 15.3. The molecule has 1 unspecified atom stereocenters.